The molecule has 0 radical (unpaired) electrons. The van der Waals surface area contributed by atoms with E-state index in [1.807, 2.05) is 0 Å². The summed E-state index contributed by atoms with van der Waals surface area (Å²) in [5.74, 6) is -0.785. The second kappa shape index (κ2) is 8.26. The Morgan fingerprint density at radius 1 is 1.04 bits per heavy atom. The third kappa shape index (κ3) is 6.83. The molecule has 4 nitrogen and oxygen atoms in total. The molecule has 1 atom stereocenters. The molecule has 1 amide bonds. The molecule has 0 heterocycles. The van der Waals surface area contributed by atoms with Gasteiger partial charge >= 0.3 is 12.4 Å². The number of carbonyl (C=O) groups is 1. The second-order valence-electron chi connectivity index (χ2n) is 6.21. The van der Waals surface area contributed by atoms with Gasteiger partial charge in [0.15, 0.2) is 0 Å². The summed E-state index contributed by atoms with van der Waals surface area (Å²) in [4.78, 5) is 13.6. The molecule has 0 saturated carbocycles. The summed E-state index contributed by atoms with van der Waals surface area (Å²) in [7, 11) is 0. The highest BCUT2D eigenvalue weighted by Gasteiger charge is 2.37. The van der Waals surface area contributed by atoms with Crippen molar-refractivity contribution in [3.05, 3.63) is 29.3 Å². The topological polar surface area (TPSA) is 52.6 Å². The van der Waals surface area contributed by atoms with Crippen molar-refractivity contribution in [2.45, 2.75) is 45.3 Å². The molecule has 0 aliphatic carbocycles. The second-order valence-corrected chi connectivity index (χ2v) is 6.21. The predicted octanol–water partition coefficient (Wildman–Crippen LogP) is 3.75. The maximum Gasteiger partial charge on any atom is 0.416 e. The average Bonchev–Trinajstić information content (AvgIpc) is 2.43. The van der Waals surface area contributed by atoms with Crippen LogP contribution in [0, 0.1) is 0 Å². The zero-order valence-electron chi connectivity index (χ0n) is 14.4. The van der Waals surface area contributed by atoms with Gasteiger partial charge in [0.25, 0.3) is 0 Å². The number of rotatable bonds is 6. The van der Waals surface area contributed by atoms with Gasteiger partial charge in [-0.05, 0) is 39.0 Å². The van der Waals surface area contributed by atoms with Crippen molar-refractivity contribution < 1.29 is 36.2 Å². The van der Waals surface area contributed by atoms with Crippen LogP contribution >= 0.6 is 0 Å². The van der Waals surface area contributed by atoms with Crippen LogP contribution in [0.3, 0.4) is 0 Å². The Morgan fingerprint density at radius 2 is 1.50 bits per heavy atom. The number of hydrogen-bond acceptors (Lipinski definition) is 3. The lowest BCUT2D eigenvalue weighted by atomic mass is 10.1. The van der Waals surface area contributed by atoms with E-state index in [0.29, 0.717) is 12.1 Å². The van der Waals surface area contributed by atoms with Crippen molar-refractivity contribution in [1.82, 2.24) is 4.90 Å². The molecule has 0 spiro atoms. The fraction of sp³-hybridized carbons (Fsp3) is 0.562. The summed E-state index contributed by atoms with van der Waals surface area (Å²) in [6.45, 7) is 4.81. The fourth-order valence-corrected chi connectivity index (χ4v) is 2.21. The molecular formula is C16H20F6N2O2. The van der Waals surface area contributed by atoms with Gasteiger partial charge in [0.2, 0.25) is 5.91 Å². The summed E-state index contributed by atoms with van der Waals surface area (Å²) in [6.07, 6.45) is -10.7. The van der Waals surface area contributed by atoms with E-state index < -0.39 is 41.2 Å². The van der Waals surface area contributed by atoms with E-state index in [2.05, 4.69) is 5.32 Å². The van der Waals surface area contributed by atoms with Gasteiger partial charge in [0, 0.05) is 18.3 Å². The zero-order valence-corrected chi connectivity index (χ0v) is 14.4. The Kier molecular flexibility index (Phi) is 7.06. The SMILES string of the molecule is CC(O)CN(CC(=O)Nc1cc(C(F)(F)F)cc(C(F)(F)F)c1)C(C)C. The van der Waals surface area contributed by atoms with Gasteiger partial charge in [0.05, 0.1) is 23.8 Å². The normalized spacial score (nSPS) is 14.0. The monoisotopic (exact) mass is 386 g/mol. The van der Waals surface area contributed by atoms with Crippen LogP contribution in [0.25, 0.3) is 0 Å². The molecule has 148 valence electrons. The molecule has 0 aliphatic heterocycles. The van der Waals surface area contributed by atoms with Crippen LogP contribution in [0.15, 0.2) is 18.2 Å². The smallest absolute Gasteiger partial charge is 0.392 e. The number of halogens is 6. The van der Waals surface area contributed by atoms with Crippen LogP contribution in [0.4, 0.5) is 32.0 Å². The molecule has 1 unspecified atom stereocenters. The van der Waals surface area contributed by atoms with Crippen LogP contribution in [0.1, 0.15) is 31.9 Å². The van der Waals surface area contributed by atoms with Crippen molar-refractivity contribution in [3.8, 4) is 0 Å². The van der Waals surface area contributed by atoms with Crippen molar-refractivity contribution in [2.24, 2.45) is 0 Å². The summed E-state index contributed by atoms with van der Waals surface area (Å²) in [5, 5.41) is 11.5. The summed E-state index contributed by atoms with van der Waals surface area (Å²) >= 11 is 0. The maximum atomic E-state index is 12.8. The van der Waals surface area contributed by atoms with Gasteiger partial charge in [0.1, 0.15) is 0 Å². The minimum absolute atomic E-state index is 0.0104. The third-order valence-corrected chi connectivity index (χ3v) is 3.45. The Hall–Kier alpha value is -1.81. The molecular weight excluding hydrogens is 366 g/mol. The van der Waals surface area contributed by atoms with Crippen LogP contribution in [-0.4, -0.2) is 41.1 Å². The summed E-state index contributed by atoms with van der Waals surface area (Å²) in [5.41, 5.74) is -3.61. The first kappa shape index (κ1) is 22.2. The third-order valence-electron chi connectivity index (χ3n) is 3.45. The van der Waals surface area contributed by atoms with Crippen molar-refractivity contribution in [3.63, 3.8) is 0 Å². The predicted molar refractivity (Wildman–Crippen MR) is 83.5 cm³/mol. The molecule has 1 aromatic rings. The van der Waals surface area contributed by atoms with E-state index in [-0.39, 0.29) is 25.2 Å². The average molecular weight is 386 g/mol. The number of anilines is 1. The standard InChI is InChI=1S/C16H20F6N2O2/c1-9(2)24(7-10(3)25)8-14(26)23-13-5-11(15(17,18)19)4-12(6-13)16(20,21)22/h4-6,9-10,25H,7-8H2,1-3H3,(H,23,26). The summed E-state index contributed by atoms with van der Waals surface area (Å²) < 4.78 is 76.9. The minimum atomic E-state index is -4.99. The minimum Gasteiger partial charge on any atom is -0.392 e. The first-order chi connectivity index (χ1) is 11.7. The number of nitrogens with one attached hydrogen (secondary N) is 1. The molecule has 2 N–H and O–H groups in total. The molecule has 0 aliphatic rings. The number of carbonyl (C=O) groups excluding carboxylic acids is 1. The molecule has 10 heteroatoms. The number of nitrogens with zero attached hydrogens (tertiary/aromatic N) is 1. The van der Waals surface area contributed by atoms with Crippen LogP contribution in [-0.2, 0) is 17.1 Å². The Bertz CT molecular complexity index is 594. The Morgan fingerprint density at radius 3 is 1.85 bits per heavy atom. The highest BCUT2D eigenvalue weighted by molar-refractivity contribution is 5.92. The van der Waals surface area contributed by atoms with E-state index in [0.717, 1.165) is 0 Å². The molecule has 0 aromatic heterocycles. The quantitative estimate of drug-likeness (QED) is 0.733. The highest BCUT2D eigenvalue weighted by atomic mass is 19.4. The Balaban J connectivity index is 3.06. The molecule has 26 heavy (non-hydrogen) atoms. The largest absolute Gasteiger partial charge is 0.416 e. The van der Waals surface area contributed by atoms with Crippen LogP contribution in [0.2, 0.25) is 0 Å². The highest BCUT2D eigenvalue weighted by Crippen LogP contribution is 2.37. The van der Waals surface area contributed by atoms with E-state index in [4.69, 9.17) is 0 Å². The van der Waals surface area contributed by atoms with E-state index in [9.17, 15) is 36.2 Å². The van der Waals surface area contributed by atoms with E-state index >= 15 is 0 Å². The molecule has 1 rings (SSSR count). The lowest BCUT2D eigenvalue weighted by Gasteiger charge is -2.27. The number of amides is 1. The van der Waals surface area contributed by atoms with Gasteiger partial charge in [-0.25, -0.2) is 0 Å². The van der Waals surface area contributed by atoms with Gasteiger partial charge in [-0.15, -0.1) is 0 Å². The van der Waals surface area contributed by atoms with Gasteiger partial charge < -0.3 is 10.4 Å². The molecule has 0 fully saturated rings. The van der Waals surface area contributed by atoms with Crippen molar-refractivity contribution in [1.29, 1.82) is 0 Å². The number of aliphatic hydroxyl groups excluding tert-OH is 1. The number of alkyl halides is 6. The lowest BCUT2D eigenvalue weighted by Crippen LogP contribution is -2.41. The van der Waals surface area contributed by atoms with Crippen LogP contribution in [0.5, 0.6) is 0 Å². The summed E-state index contributed by atoms with van der Waals surface area (Å²) in [6, 6.07) is 0.717. The van der Waals surface area contributed by atoms with Crippen LogP contribution < -0.4 is 5.32 Å². The number of aliphatic hydroxyl groups is 1. The maximum absolute atomic E-state index is 12.8. The first-order valence-corrected chi connectivity index (χ1v) is 7.71. The molecule has 1 aromatic carbocycles. The van der Waals surface area contributed by atoms with Gasteiger partial charge in [-0.3, -0.25) is 9.69 Å². The molecule has 0 saturated heterocycles. The number of benzene rings is 1. The number of hydrogen-bond donors (Lipinski definition) is 2. The Labute approximate surface area is 146 Å². The van der Waals surface area contributed by atoms with E-state index in [1.54, 1.807) is 13.8 Å². The fourth-order valence-electron chi connectivity index (χ4n) is 2.21. The zero-order chi connectivity index (χ0) is 20.3. The van der Waals surface area contributed by atoms with Crippen molar-refractivity contribution >= 4 is 11.6 Å². The van der Waals surface area contributed by atoms with Crippen molar-refractivity contribution in [2.75, 3.05) is 18.4 Å². The van der Waals surface area contributed by atoms with E-state index in [1.165, 1.54) is 11.8 Å². The van der Waals surface area contributed by atoms with Gasteiger partial charge in [-0.1, -0.05) is 0 Å². The van der Waals surface area contributed by atoms with Gasteiger partial charge in [-0.2, -0.15) is 26.3 Å². The first-order valence-electron chi connectivity index (χ1n) is 7.71. The lowest BCUT2D eigenvalue weighted by molar-refractivity contribution is -0.143. The molecule has 0 bridgehead atoms.